The van der Waals surface area contributed by atoms with E-state index in [1.165, 1.54) is 29.9 Å². The molecule has 0 spiro atoms. The van der Waals surface area contributed by atoms with Crippen LogP contribution in [0.5, 0.6) is 0 Å². The number of ether oxygens (including phenoxy) is 1. The average Bonchev–Trinajstić information content (AvgIpc) is 2.87. The maximum absolute atomic E-state index is 12.7. The fraction of sp³-hybridized carbons (Fsp3) is 0.294. The Morgan fingerprint density at radius 3 is 2.65 bits per heavy atom. The Bertz CT molecular complexity index is 847. The molecule has 0 aliphatic heterocycles. The smallest absolute Gasteiger partial charge is 0.310 e. The van der Waals surface area contributed by atoms with Gasteiger partial charge in [0.15, 0.2) is 0 Å². The average molecular weight is 379 g/mol. The number of carbonyl (C=O) groups excluding carboxylic acids is 3. The van der Waals surface area contributed by atoms with Gasteiger partial charge < -0.3 is 15.4 Å². The van der Waals surface area contributed by atoms with Crippen LogP contribution in [-0.2, 0) is 27.8 Å². The fourth-order valence-corrected chi connectivity index (χ4v) is 2.50. The minimum Gasteiger partial charge on any atom is -0.466 e. The van der Waals surface area contributed by atoms with Gasteiger partial charge in [0.25, 0.3) is 5.91 Å². The van der Waals surface area contributed by atoms with Crippen LogP contribution < -0.4 is 10.6 Å². The summed E-state index contributed by atoms with van der Waals surface area (Å²) in [5, 5.41) is 9.74. The minimum atomic E-state index is -0.473. The van der Waals surface area contributed by atoms with E-state index in [1.807, 2.05) is 0 Å². The number of rotatable bonds is 6. The van der Waals surface area contributed by atoms with Crippen molar-refractivity contribution in [1.29, 1.82) is 0 Å². The van der Waals surface area contributed by atoms with Crippen LogP contribution in [0.15, 0.2) is 24.4 Å². The number of anilines is 2. The fourth-order valence-electron chi connectivity index (χ4n) is 2.32. The van der Waals surface area contributed by atoms with E-state index < -0.39 is 11.9 Å². The Morgan fingerprint density at radius 1 is 1.27 bits per heavy atom. The molecule has 0 unspecified atom stereocenters. The zero-order valence-electron chi connectivity index (χ0n) is 14.6. The molecule has 2 amide bonds. The summed E-state index contributed by atoms with van der Waals surface area (Å²) in [5.74, 6) is -0.850. The first-order valence-electron chi connectivity index (χ1n) is 7.86. The van der Waals surface area contributed by atoms with Crippen LogP contribution in [0, 0.1) is 0 Å². The van der Waals surface area contributed by atoms with Crippen molar-refractivity contribution in [1.82, 2.24) is 9.78 Å². The molecule has 2 rings (SSSR count). The zero-order chi connectivity index (χ0) is 19.3. The van der Waals surface area contributed by atoms with E-state index in [9.17, 15) is 14.4 Å². The third-order valence-corrected chi connectivity index (χ3v) is 3.66. The number of nitrogens with one attached hydrogen (secondary N) is 2. The van der Waals surface area contributed by atoms with Crippen molar-refractivity contribution >= 4 is 40.9 Å². The molecule has 0 fully saturated rings. The maximum atomic E-state index is 12.7. The molecule has 9 heteroatoms. The van der Waals surface area contributed by atoms with Gasteiger partial charge in [-0.15, -0.1) is 0 Å². The monoisotopic (exact) mass is 378 g/mol. The van der Waals surface area contributed by atoms with E-state index >= 15 is 0 Å². The summed E-state index contributed by atoms with van der Waals surface area (Å²) in [6, 6.07) is 4.54. The third kappa shape index (κ3) is 4.82. The summed E-state index contributed by atoms with van der Waals surface area (Å²) in [6.07, 6.45) is 1.47. The highest BCUT2D eigenvalue weighted by Gasteiger charge is 2.19. The normalized spacial score (nSPS) is 10.3. The molecule has 0 atom stereocenters. The topological polar surface area (TPSA) is 102 Å². The van der Waals surface area contributed by atoms with Gasteiger partial charge in [0, 0.05) is 24.6 Å². The summed E-state index contributed by atoms with van der Waals surface area (Å²) >= 11 is 5.94. The van der Waals surface area contributed by atoms with Crippen molar-refractivity contribution in [2.24, 2.45) is 7.05 Å². The Labute approximate surface area is 155 Å². The molecule has 0 bridgehead atoms. The van der Waals surface area contributed by atoms with Crippen LogP contribution in [0.25, 0.3) is 0 Å². The number of hydrogen-bond donors (Lipinski definition) is 2. The SMILES string of the molecule is CCOC(=O)Cc1cnn(C)c1NC(=O)c1ccc(Cl)cc1NC(C)=O. The third-order valence-electron chi connectivity index (χ3n) is 3.42. The van der Waals surface area contributed by atoms with E-state index in [4.69, 9.17) is 16.3 Å². The van der Waals surface area contributed by atoms with Gasteiger partial charge in [-0.3, -0.25) is 19.1 Å². The quantitative estimate of drug-likeness (QED) is 0.751. The van der Waals surface area contributed by atoms with Gasteiger partial charge in [-0.1, -0.05) is 11.6 Å². The highest BCUT2D eigenvalue weighted by atomic mass is 35.5. The molecule has 1 aromatic carbocycles. The Balaban J connectivity index is 2.27. The molecule has 0 radical (unpaired) electrons. The van der Waals surface area contributed by atoms with Gasteiger partial charge in [-0.25, -0.2) is 0 Å². The van der Waals surface area contributed by atoms with Crippen LogP contribution in [0.1, 0.15) is 29.8 Å². The van der Waals surface area contributed by atoms with Gasteiger partial charge >= 0.3 is 5.97 Å². The molecular formula is C17H19ClN4O4. The summed E-state index contributed by atoms with van der Waals surface area (Å²) in [5.41, 5.74) is 1.04. The van der Waals surface area contributed by atoms with Crippen LogP contribution in [0.4, 0.5) is 11.5 Å². The lowest BCUT2D eigenvalue weighted by atomic mass is 10.1. The standard InChI is InChI=1S/C17H19ClN4O4/c1-4-26-15(24)7-11-9-19-22(3)16(11)21-17(25)13-6-5-12(18)8-14(13)20-10(2)23/h5-6,8-9H,4,7H2,1-3H3,(H,20,23)(H,21,25). The van der Waals surface area contributed by atoms with Crippen molar-refractivity contribution in [3.05, 3.63) is 40.5 Å². The van der Waals surface area contributed by atoms with E-state index in [-0.39, 0.29) is 30.2 Å². The molecule has 0 aliphatic rings. The lowest BCUT2D eigenvalue weighted by molar-refractivity contribution is -0.142. The van der Waals surface area contributed by atoms with Crippen molar-refractivity contribution in [3.8, 4) is 0 Å². The number of nitrogens with zero attached hydrogens (tertiary/aromatic N) is 2. The first-order chi connectivity index (χ1) is 12.3. The number of benzene rings is 1. The molecule has 0 aliphatic carbocycles. The van der Waals surface area contributed by atoms with Crippen LogP contribution >= 0.6 is 11.6 Å². The first-order valence-corrected chi connectivity index (χ1v) is 8.24. The lowest BCUT2D eigenvalue weighted by Gasteiger charge is -2.12. The molecule has 2 aromatic rings. The first kappa shape index (κ1) is 19.5. The lowest BCUT2D eigenvalue weighted by Crippen LogP contribution is -2.19. The molecule has 2 N–H and O–H groups in total. The van der Waals surface area contributed by atoms with Crippen LogP contribution in [0.3, 0.4) is 0 Å². The number of aromatic nitrogens is 2. The molecule has 0 saturated carbocycles. The van der Waals surface area contributed by atoms with Crippen LogP contribution in [-0.4, -0.2) is 34.2 Å². The van der Waals surface area contributed by atoms with Crippen molar-refractivity contribution < 1.29 is 19.1 Å². The highest BCUT2D eigenvalue weighted by Crippen LogP contribution is 2.23. The molecular weight excluding hydrogens is 360 g/mol. The van der Waals surface area contributed by atoms with E-state index in [0.717, 1.165) is 0 Å². The van der Waals surface area contributed by atoms with Crippen LogP contribution in [0.2, 0.25) is 5.02 Å². The maximum Gasteiger partial charge on any atom is 0.310 e. The molecule has 1 aromatic heterocycles. The largest absolute Gasteiger partial charge is 0.466 e. The summed E-state index contributed by atoms with van der Waals surface area (Å²) < 4.78 is 6.37. The Hall–Kier alpha value is -2.87. The van der Waals surface area contributed by atoms with Gasteiger partial charge in [-0.2, -0.15) is 5.10 Å². The number of halogens is 1. The van der Waals surface area contributed by atoms with Crippen molar-refractivity contribution in [3.63, 3.8) is 0 Å². The summed E-state index contributed by atoms with van der Waals surface area (Å²) in [7, 11) is 1.64. The predicted molar refractivity (Wildman–Crippen MR) is 97.3 cm³/mol. The van der Waals surface area contributed by atoms with Gasteiger partial charge in [-0.05, 0) is 25.1 Å². The molecule has 26 heavy (non-hydrogen) atoms. The van der Waals surface area contributed by atoms with Gasteiger partial charge in [0.05, 0.1) is 30.5 Å². The Kier molecular flexibility index (Phi) is 6.35. The van der Waals surface area contributed by atoms with Crippen molar-refractivity contribution in [2.45, 2.75) is 20.3 Å². The van der Waals surface area contributed by atoms with E-state index in [1.54, 1.807) is 20.0 Å². The van der Waals surface area contributed by atoms with E-state index in [0.29, 0.717) is 16.4 Å². The number of carbonyl (C=O) groups is 3. The van der Waals surface area contributed by atoms with Gasteiger partial charge in [0.2, 0.25) is 5.91 Å². The number of esters is 1. The summed E-state index contributed by atoms with van der Waals surface area (Å²) in [6.45, 7) is 3.32. The second-order valence-electron chi connectivity index (χ2n) is 5.45. The Morgan fingerprint density at radius 2 is 2.00 bits per heavy atom. The number of hydrogen-bond acceptors (Lipinski definition) is 5. The molecule has 0 saturated heterocycles. The molecule has 8 nitrogen and oxygen atoms in total. The van der Waals surface area contributed by atoms with Crippen molar-refractivity contribution in [2.75, 3.05) is 17.2 Å². The summed E-state index contributed by atoms with van der Waals surface area (Å²) in [4.78, 5) is 35.7. The number of aryl methyl sites for hydroxylation is 1. The second-order valence-corrected chi connectivity index (χ2v) is 5.89. The highest BCUT2D eigenvalue weighted by molar-refractivity contribution is 6.31. The van der Waals surface area contributed by atoms with Gasteiger partial charge in [0.1, 0.15) is 5.82 Å². The predicted octanol–water partition coefficient (Wildman–Crippen LogP) is 2.39. The second kappa shape index (κ2) is 8.48. The minimum absolute atomic E-state index is 0.0174. The molecule has 1 heterocycles. The molecule has 138 valence electrons. The van der Waals surface area contributed by atoms with E-state index in [2.05, 4.69) is 15.7 Å². The zero-order valence-corrected chi connectivity index (χ0v) is 15.4. The number of amides is 2.